The minimum Gasteiger partial charge on any atom is -0.481 e. The molecule has 1 saturated heterocycles. The van der Waals surface area contributed by atoms with Gasteiger partial charge in [-0.2, -0.15) is 0 Å². The summed E-state index contributed by atoms with van der Waals surface area (Å²) in [6.45, 7) is 5.18. The van der Waals surface area contributed by atoms with Gasteiger partial charge in [0.1, 0.15) is 5.60 Å². The van der Waals surface area contributed by atoms with Crippen molar-refractivity contribution in [3.05, 3.63) is 0 Å². The summed E-state index contributed by atoms with van der Waals surface area (Å²) in [6.07, 6.45) is 0.250. The molecule has 0 aromatic rings. The smallest absolute Gasteiger partial charge is 0.410 e. The third-order valence-corrected chi connectivity index (χ3v) is 5.52. The molecule has 1 aliphatic carbocycles. The van der Waals surface area contributed by atoms with Crippen molar-refractivity contribution in [2.45, 2.75) is 56.4 Å². The van der Waals surface area contributed by atoms with E-state index in [9.17, 15) is 18.0 Å². The predicted octanol–water partition coefficient (Wildman–Crippen LogP) is 0.532. The number of aliphatic carboxylic acids is 1. The van der Waals surface area contributed by atoms with E-state index in [1.807, 2.05) is 0 Å². The van der Waals surface area contributed by atoms with Crippen molar-refractivity contribution in [1.29, 1.82) is 0 Å². The van der Waals surface area contributed by atoms with Gasteiger partial charge in [0.25, 0.3) is 0 Å². The molecule has 0 radical (unpaired) electrons. The summed E-state index contributed by atoms with van der Waals surface area (Å²) in [4.78, 5) is 24.2. The van der Waals surface area contributed by atoms with Crippen LogP contribution in [0.4, 0.5) is 4.79 Å². The third kappa shape index (κ3) is 4.10. The largest absolute Gasteiger partial charge is 0.481 e. The quantitative estimate of drug-likeness (QED) is 0.758. The molecule has 22 heavy (non-hydrogen) atoms. The lowest BCUT2D eigenvalue weighted by molar-refractivity contribution is -0.140. The van der Waals surface area contributed by atoms with Gasteiger partial charge in [0.05, 0.1) is 17.2 Å². The van der Waals surface area contributed by atoms with Gasteiger partial charge in [0.15, 0.2) is 0 Å². The Morgan fingerprint density at radius 2 is 1.86 bits per heavy atom. The lowest BCUT2D eigenvalue weighted by atomic mass is 9.88. The summed E-state index contributed by atoms with van der Waals surface area (Å²) >= 11 is 0. The molecule has 1 amide bonds. The average molecular weight is 334 g/mol. The summed E-state index contributed by atoms with van der Waals surface area (Å²) in [7, 11) is -3.53. The summed E-state index contributed by atoms with van der Waals surface area (Å²) in [5, 5.41) is 8.57. The highest BCUT2D eigenvalue weighted by Crippen LogP contribution is 2.33. The summed E-state index contributed by atoms with van der Waals surface area (Å²) in [6, 6.07) is 0. The molecule has 2 N–H and O–H groups in total. The Labute approximate surface area is 129 Å². The summed E-state index contributed by atoms with van der Waals surface area (Å²) < 4.78 is 31.8. The van der Waals surface area contributed by atoms with Gasteiger partial charge in [-0.05, 0) is 33.6 Å². The van der Waals surface area contributed by atoms with Crippen LogP contribution in [-0.2, 0) is 19.6 Å². The number of rotatable bonds is 5. The van der Waals surface area contributed by atoms with Crippen molar-refractivity contribution >= 4 is 22.1 Å². The monoisotopic (exact) mass is 334 g/mol. The second-order valence-electron chi connectivity index (χ2n) is 7.03. The Kier molecular flexibility index (Phi) is 4.16. The van der Waals surface area contributed by atoms with Crippen molar-refractivity contribution in [1.82, 2.24) is 9.62 Å². The number of carboxylic acids is 1. The fourth-order valence-corrected chi connectivity index (χ4v) is 4.13. The second kappa shape index (κ2) is 5.38. The van der Waals surface area contributed by atoms with E-state index in [4.69, 9.17) is 9.84 Å². The number of amides is 1. The number of sulfonamides is 1. The Bertz CT molecular complexity index is 570. The van der Waals surface area contributed by atoms with Gasteiger partial charge in [0, 0.05) is 13.1 Å². The van der Waals surface area contributed by atoms with Gasteiger partial charge in [-0.25, -0.2) is 17.9 Å². The Morgan fingerprint density at radius 3 is 2.27 bits per heavy atom. The number of carboxylic acid groups (broad SMARTS) is 1. The molecule has 0 spiro atoms. The van der Waals surface area contributed by atoms with Crippen LogP contribution in [0.15, 0.2) is 0 Å². The van der Waals surface area contributed by atoms with E-state index >= 15 is 0 Å². The van der Waals surface area contributed by atoms with E-state index in [0.29, 0.717) is 12.8 Å². The standard InChI is InChI=1S/C13H22N2O6S/c1-12(2,3)21-11(18)15-7-13(8-15,6-10(16)17)14-22(19,20)9-4-5-9/h9,14H,4-8H2,1-3H3,(H,16,17). The molecule has 2 rings (SSSR count). The van der Waals surface area contributed by atoms with Gasteiger partial charge in [-0.1, -0.05) is 0 Å². The van der Waals surface area contributed by atoms with Crippen LogP contribution < -0.4 is 4.72 Å². The van der Waals surface area contributed by atoms with E-state index in [1.54, 1.807) is 20.8 Å². The zero-order chi connectivity index (χ0) is 16.8. The van der Waals surface area contributed by atoms with E-state index in [1.165, 1.54) is 4.90 Å². The number of carbonyl (C=O) groups is 2. The van der Waals surface area contributed by atoms with Crippen molar-refractivity contribution in [2.24, 2.45) is 0 Å². The van der Waals surface area contributed by atoms with Crippen LogP contribution in [0.25, 0.3) is 0 Å². The first-order valence-corrected chi connectivity index (χ1v) is 8.70. The fourth-order valence-electron chi connectivity index (χ4n) is 2.41. The number of likely N-dealkylation sites (tertiary alicyclic amines) is 1. The Hall–Kier alpha value is -1.35. The molecule has 0 aromatic carbocycles. The van der Waals surface area contributed by atoms with E-state index in [-0.39, 0.29) is 19.5 Å². The first-order valence-electron chi connectivity index (χ1n) is 7.15. The molecule has 9 heteroatoms. The number of nitrogens with zero attached hydrogens (tertiary/aromatic N) is 1. The zero-order valence-corrected chi connectivity index (χ0v) is 13.8. The maximum atomic E-state index is 12.0. The van der Waals surface area contributed by atoms with Crippen molar-refractivity contribution in [3.8, 4) is 0 Å². The minimum atomic E-state index is -3.53. The van der Waals surface area contributed by atoms with Gasteiger partial charge in [-0.3, -0.25) is 4.79 Å². The Balaban J connectivity index is 2.02. The van der Waals surface area contributed by atoms with Crippen LogP contribution in [-0.4, -0.2) is 60.0 Å². The number of nitrogens with one attached hydrogen (secondary N) is 1. The fraction of sp³-hybridized carbons (Fsp3) is 0.846. The highest BCUT2D eigenvalue weighted by molar-refractivity contribution is 7.90. The topological polar surface area (TPSA) is 113 Å². The molecule has 1 saturated carbocycles. The van der Waals surface area contributed by atoms with Crippen LogP contribution in [0.2, 0.25) is 0 Å². The van der Waals surface area contributed by atoms with Crippen molar-refractivity contribution in [2.75, 3.05) is 13.1 Å². The van der Waals surface area contributed by atoms with Gasteiger partial charge < -0.3 is 14.7 Å². The van der Waals surface area contributed by atoms with Gasteiger partial charge >= 0.3 is 12.1 Å². The number of carbonyl (C=O) groups excluding carboxylic acids is 1. The van der Waals surface area contributed by atoms with Crippen LogP contribution in [0, 0.1) is 0 Å². The molecular formula is C13H22N2O6S. The third-order valence-electron chi connectivity index (χ3n) is 3.45. The molecule has 0 unspecified atom stereocenters. The van der Waals surface area contributed by atoms with Gasteiger partial charge in [-0.15, -0.1) is 0 Å². The molecule has 126 valence electrons. The molecular weight excluding hydrogens is 312 g/mol. The molecule has 1 aliphatic heterocycles. The van der Waals surface area contributed by atoms with Crippen molar-refractivity contribution < 1.29 is 27.9 Å². The molecule has 0 atom stereocenters. The zero-order valence-electron chi connectivity index (χ0n) is 13.0. The highest BCUT2D eigenvalue weighted by Gasteiger charge is 2.52. The molecule has 2 fully saturated rings. The van der Waals surface area contributed by atoms with E-state index in [2.05, 4.69) is 4.72 Å². The predicted molar refractivity (Wildman–Crippen MR) is 77.9 cm³/mol. The van der Waals surface area contributed by atoms with Crippen LogP contribution in [0.3, 0.4) is 0 Å². The molecule has 0 bridgehead atoms. The lowest BCUT2D eigenvalue weighted by Gasteiger charge is -2.49. The average Bonchev–Trinajstić information content (AvgIpc) is 3.04. The maximum Gasteiger partial charge on any atom is 0.410 e. The van der Waals surface area contributed by atoms with Crippen LogP contribution >= 0.6 is 0 Å². The minimum absolute atomic E-state index is 0.000162. The Morgan fingerprint density at radius 1 is 1.32 bits per heavy atom. The van der Waals surface area contributed by atoms with Crippen molar-refractivity contribution in [3.63, 3.8) is 0 Å². The van der Waals surface area contributed by atoms with Crippen LogP contribution in [0.5, 0.6) is 0 Å². The molecule has 1 heterocycles. The maximum absolute atomic E-state index is 12.0. The molecule has 0 aromatic heterocycles. The van der Waals surface area contributed by atoms with Crippen LogP contribution in [0.1, 0.15) is 40.0 Å². The number of hydrogen-bond acceptors (Lipinski definition) is 5. The first-order chi connectivity index (χ1) is 9.92. The second-order valence-corrected chi connectivity index (χ2v) is 8.99. The summed E-state index contributed by atoms with van der Waals surface area (Å²) in [5.41, 5.74) is -1.79. The number of hydrogen-bond donors (Lipinski definition) is 2. The van der Waals surface area contributed by atoms with E-state index in [0.717, 1.165) is 0 Å². The first kappa shape index (κ1) is 17.0. The SMILES string of the molecule is CC(C)(C)OC(=O)N1CC(CC(=O)O)(NS(=O)(=O)C2CC2)C1. The molecule has 8 nitrogen and oxygen atoms in total. The van der Waals surface area contributed by atoms with E-state index < -0.39 is 38.5 Å². The molecule has 2 aliphatic rings. The number of ether oxygens (including phenoxy) is 1. The lowest BCUT2D eigenvalue weighted by Crippen LogP contribution is -2.72. The highest BCUT2D eigenvalue weighted by atomic mass is 32.2. The normalized spacial score (nSPS) is 21.1. The summed E-state index contributed by atoms with van der Waals surface area (Å²) in [5.74, 6) is -1.11. The van der Waals surface area contributed by atoms with Gasteiger partial charge in [0.2, 0.25) is 10.0 Å².